The molecular weight excluding hydrogens is 598 g/mol. The van der Waals surface area contributed by atoms with Crippen molar-refractivity contribution in [2.24, 2.45) is 17.8 Å². The number of anilines is 2. The maximum atomic E-state index is 14.1. The fourth-order valence-electron chi connectivity index (χ4n) is 7.16. The van der Waals surface area contributed by atoms with E-state index in [0.29, 0.717) is 16.4 Å². The van der Waals surface area contributed by atoms with Crippen LogP contribution >= 0.6 is 11.3 Å². The Balaban J connectivity index is 1.40. The van der Waals surface area contributed by atoms with Crippen LogP contribution in [0.25, 0.3) is 17.0 Å². The first-order chi connectivity index (χ1) is 21.4. The molecule has 3 aliphatic rings. The van der Waals surface area contributed by atoms with E-state index in [1.165, 1.54) is 11.3 Å². The third-order valence-electron chi connectivity index (χ3n) is 9.23. The summed E-state index contributed by atoms with van der Waals surface area (Å²) in [6, 6.07) is 9.78. The van der Waals surface area contributed by atoms with Gasteiger partial charge in [0.15, 0.2) is 22.5 Å². The number of phenols is 1. The van der Waals surface area contributed by atoms with Gasteiger partial charge < -0.3 is 30.5 Å². The molecule has 1 fully saturated rings. The normalized spacial score (nSPS) is 26.0. The highest BCUT2D eigenvalue weighted by Gasteiger charge is 2.60. The Labute approximate surface area is 263 Å². The number of methoxy groups -OCH3 is 1. The number of fused-ring (bicyclic) bond motifs is 3. The second-order valence-electron chi connectivity index (χ2n) is 11.9. The van der Waals surface area contributed by atoms with E-state index >= 15 is 0 Å². The van der Waals surface area contributed by atoms with Crippen molar-refractivity contribution in [1.82, 2.24) is 9.88 Å². The number of benzene rings is 2. The zero-order valence-corrected chi connectivity index (χ0v) is 26.0. The lowest BCUT2D eigenvalue weighted by Crippen LogP contribution is -2.61. The molecule has 3 unspecified atom stereocenters. The van der Waals surface area contributed by atoms with Gasteiger partial charge in [0.2, 0.25) is 0 Å². The number of phenolic OH excluding ortho intramolecular Hbond substituents is 1. The summed E-state index contributed by atoms with van der Waals surface area (Å²) in [7, 11) is 4.84. The van der Waals surface area contributed by atoms with Crippen LogP contribution in [0, 0.1) is 17.8 Å². The minimum atomic E-state index is -1.50. The van der Waals surface area contributed by atoms with Gasteiger partial charge in [-0.2, -0.15) is 0 Å². The van der Waals surface area contributed by atoms with E-state index in [0.717, 1.165) is 18.2 Å². The number of hydrogen-bond donors (Lipinski definition) is 5. The molecule has 3 aromatic rings. The van der Waals surface area contributed by atoms with Crippen molar-refractivity contribution < 1.29 is 39.5 Å². The molecule has 1 saturated carbocycles. The smallest absolute Gasteiger partial charge is 0.187 e. The summed E-state index contributed by atoms with van der Waals surface area (Å²) in [5.74, 6) is -7.00. The van der Waals surface area contributed by atoms with Gasteiger partial charge in [0, 0.05) is 28.4 Å². The summed E-state index contributed by atoms with van der Waals surface area (Å²) in [4.78, 5) is 46.3. The predicted octanol–water partition coefficient (Wildman–Crippen LogP) is 4.36. The topological polar surface area (TPSA) is 170 Å². The average Bonchev–Trinajstić information content (AvgIpc) is 3.46. The number of aromatic hydroxyl groups is 1. The predicted molar refractivity (Wildman–Crippen MR) is 168 cm³/mol. The Kier molecular flexibility index (Phi) is 7.54. The number of aliphatic hydroxyl groups excluding tert-OH is 3. The number of ketones is 3. The molecule has 1 aromatic heterocycles. The van der Waals surface area contributed by atoms with Crippen LogP contribution in [-0.2, 0) is 14.4 Å². The molecule has 0 amide bonds. The number of hydrogen-bond acceptors (Lipinski definition) is 12. The Morgan fingerprint density at radius 2 is 1.73 bits per heavy atom. The number of thiazole rings is 1. The SMILES string of the molecule is COc1ccc(-c2csc(Nc3ccc4c(c3O)C(O)=C3C(=O)C5C(=O)C(C(C)=O)=C(O)[C@@H](N(C)C)C5[C@@H](O)C3[C@H]4C)n2)cc1. The number of rotatable bonds is 6. The lowest BCUT2D eigenvalue weighted by molar-refractivity contribution is -0.143. The molecule has 11 nitrogen and oxygen atoms in total. The highest BCUT2D eigenvalue weighted by atomic mass is 32.1. The quantitative estimate of drug-likeness (QED) is 0.149. The molecule has 1 heterocycles. The second-order valence-corrected chi connectivity index (χ2v) is 12.8. The summed E-state index contributed by atoms with van der Waals surface area (Å²) < 4.78 is 5.21. The Morgan fingerprint density at radius 3 is 2.36 bits per heavy atom. The third-order valence-corrected chi connectivity index (χ3v) is 9.99. The third kappa shape index (κ3) is 4.63. The zero-order chi connectivity index (χ0) is 32.5. The van der Waals surface area contributed by atoms with Gasteiger partial charge in [-0.05, 0) is 62.8 Å². The van der Waals surface area contributed by atoms with Crippen LogP contribution in [0.4, 0.5) is 10.8 Å². The van der Waals surface area contributed by atoms with E-state index in [2.05, 4.69) is 10.3 Å². The van der Waals surface area contributed by atoms with Crippen molar-refractivity contribution in [1.29, 1.82) is 0 Å². The maximum absolute atomic E-state index is 14.1. The number of ether oxygens (including phenoxy) is 1. The molecule has 5 N–H and O–H groups in total. The number of nitrogens with zero attached hydrogens (tertiary/aromatic N) is 2. The van der Waals surface area contributed by atoms with Crippen LogP contribution in [0.2, 0.25) is 0 Å². The van der Waals surface area contributed by atoms with Gasteiger partial charge in [0.25, 0.3) is 0 Å². The lowest BCUT2D eigenvalue weighted by atomic mass is 9.56. The molecular formula is C33H33N3O8S. The summed E-state index contributed by atoms with van der Waals surface area (Å²) >= 11 is 1.31. The van der Waals surface area contributed by atoms with Crippen molar-refractivity contribution in [3.05, 3.63) is 69.8 Å². The molecule has 2 aromatic carbocycles. The summed E-state index contributed by atoms with van der Waals surface area (Å²) in [6.07, 6.45) is -1.34. The molecule has 45 heavy (non-hydrogen) atoms. The number of carbonyl (C=O) groups is 3. The van der Waals surface area contributed by atoms with Crippen LogP contribution in [0.15, 0.2) is 58.7 Å². The van der Waals surface area contributed by atoms with Crippen LogP contribution < -0.4 is 10.1 Å². The molecule has 0 aliphatic heterocycles. The number of aliphatic hydroxyl groups is 3. The van der Waals surface area contributed by atoms with Crippen LogP contribution in [0.5, 0.6) is 11.5 Å². The van der Waals surface area contributed by atoms with E-state index in [-0.39, 0.29) is 22.6 Å². The molecule has 6 atom stereocenters. The van der Waals surface area contributed by atoms with Crippen LogP contribution in [0.1, 0.15) is 30.9 Å². The summed E-state index contributed by atoms with van der Waals surface area (Å²) in [5, 5.41) is 51.2. The Morgan fingerprint density at radius 1 is 1.04 bits per heavy atom. The van der Waals surface area contributed by atoms with E-state index in [1.807, 2.05) is 29.6 Å². The lowest BCUT2D eigenvalue weighted by Gasteiger charge is -2.50. The molecule has 234 valence electrons. The average molecular weight is 632 g/mol. The molecule has 12 heteroatoms. The molecule has 0 bridgehead atoms. The van der Waals surface area contributed by atoms with Gasteiger partial charge in [-0.15, -0.1) is 11.3 Å². The summed E-state index contributed by atoms with van der Waals surface area (Å²) in [6.45, 7) is 2.90. The first-order valence-corrected chi connectivity index (χ1v) is 15.3. The van der Waals surface area contributed by atoms with Crippen LogP contribution in [0.3, 0.4) is 0 Å². The number of likely N-dealkylation sites (N-methyl/N-ethyl adjacent to an activating group) is 1. The van der Waals surface area contributed by atoms with Gasteiger partial charge in [0.1, 0.15) is 28.6 Å². The van der Waals surface area contributed by atoms with E-state index in [1.54, 1.807) is 45.2 Å². The van der Waals surface area contributed by atoms with Crippen molar-refractivity contribution in [2.75, 3.05) is 26.5 Å². The molecule has 6 rings (SSSR count). The second kappa shape index (κ2) is 11.1. The van der Waals surface area contributed by atoms with E-state index in [4.69, 9.17) is 4.74 Å². The fourth-order valence-corrected chi connectivity index (χ4v) is 7.89. The molecule has 3 aliphatic carbocycles. The number of aromatic nitrogens is 1. The molecule has 0 saturated heterocycles. The Hall–Kier alpha value is -4.52. The van der Waals surface area contributed by atoms with E-state index < -0.39 is 70.3 Å². The minimum absolute atomic E-state index is 0.0160. The van der Waals surface area contributed by atoms with Gasteiger partial charge in [-0.3, -0.25) is 19.3 Å². The van der Waals surface area contributed by atoms with Crippen molar-refractivity contribution in [3.8, 4) is 22.8 Å². The number of Topliss-reactive ketones (excluding diaryl/α,β-unsaturated/α-hetero) is 3. The van der Waals surface area contributed by atoms with Crippen molar-refractivity contribution in [2.45, 2.75) is 31.9 Å². The number of allylic oxidation sites excluding steroid dienone is 1. The highest BCUT2D eigenvalue weighted by Crippen LogP contribution is 2.55. The fraction of sp³-hybridized carbons (Fsp3) is 0.333. The standard InChI is InChI=1S/C33H33N3O8S/c1-13-17-10-11-18(34-33-35-19(12-45-33)15-6-8-16(44-5)9-7-15)27(38)22(17)30(41)24-20(13)28(39)23-25(31(24)42)29(40)21(14(2)37)32(43)26(23)36(3)4/h6-13,20,23,25-26,28,38-39,41,43H,1-5H3,(H,34,35)/t13-,20?,23?,25?,26-,28-/m0/s1. The molecule has 0 radical (unpaired) electrons. The number of carbonyl (C=O) groups excluding carboxylic acids is 3. The van der Waals surface area contributed by atoms with Crippen LogP contribution in [-0.4, -0.2) is 81.0 Å². The van der Waals surface area contributed by atoms with Gasteiger partial charge in [-0.25, -0.2) is 4.98 Å². The van der Waals surface area contributed by atoms with Gasteiger partial charge in [0.05, 0.1) is 42.1 Å². The molecule has 0 spiro atoms. The zero-order valence-electron chi connectivity index (χ0n) is 25.2. The highest BCUT2D eigenvalue weighted by molar-refractivity contribution is 7.14. The van der Waals surface area contributed by atoms with Gasteiger partial charge >= 0.3 is 0 Å². The van der Waals surface area contributed by atoms with Crippen molar-refractivity contribution >= 4 is 45.3 Å². The van der Waals surface area contributed by atoms with Gasteiger partial charge in [-0.1, -0.05) is 13.0 Å². The Bertz CT molecular complexity index is 1810. The first-order valence-electron chi connectivity index (χ1n) is 14.4. The summed E-state index contributed by atoms with van der Waals surface area (Å²) in [5.41, 5.74) is 1.67. The van der Waals surface area contributed by atoms with E-state index in [9.17, 15) is 34.8 Å². The minimum Gasteiger partial charge on any atom is -0.510 e. The largest absolute Gasteiger partial charge is 0.510 e. The van der Waals surface area contributed by atoms with Crippen molar-refractivity contribution in [3.63, 3.8) is 0 Å². The number of nitrogens with one attached hydrogen (secondary N) is 1. The first kappa shape index (κ1) is 30.5. The maximum Gasteiger partial charge on any atom is 0.187 e. The monoisotopic (exact) mass is 631 g/mol.